The summed E-state index contributed by atoms with van der Waals surface area (Å²) in [5.74, 6) is 0. The van der Waals surface area contributed by atoms with Gasteiger partial charge in [-0.1, -0.05) is 23.5 Å². The molecule has 1 aromatic heterocycles. The second-order valence-electron chi connectivity index (χ2n) is 7.84. The van der Waals surface area contributed by atoms with E-state index >= 15 is 0 Å². The SMILES string of the molecule is Cc1ccc(C)c2sc(OC3CCN(C(=O)NC(C)(C)C)CC3)nc12. The number of amides is 2. The van der Waals surface area contributed by atoms with Gasteiger partial charge in [0.25, 0.3) is 5.19 Å². The first-order valence-electron chi connectivity index (χ1n) is 8.83. The molecule has 0 atom stereocenters. The molecule has 0 aliphatic carbocycles. The number of aryl methyl sites for hydroxylation is 2. The highest BCUT2D eigenvalue weighted by molar-refractivity contribution is 7.20. The Morgan fingerprint density at radius 3 is 2.48 bits per heavy atom. The van der Waals surface area contributed by atoms with E-state index in [2.05, 4.69) is 36.3 Å². The van der Waals surface area contributed by atoms with E-state index in [1.807, 2.05) is 25.7 Å². The molecule has 1 aliphatic rings. The van der Waals surface area contributed by atoms with Crippen molar-refractivity contribution < 1.29 is 9.53 Å². The molecular weight excluding hydrogens is 334 g/mol. The summed E-state index contributed by atoms with van der Waals surface area (Å²) in [7, 11) is 0. The highest BCUT2D eigenvalue weighted by Crippen LogP contribution is 2.33. The van der Waals surface area contributed by atoms with Gasteiger partial charge in [0.05, 0.1) is 10.2 Å². The highest BCUT2D eigenvalue weighted by atomic mass is 32.1. The summed E-state index contributed by atoms with van der Waals surface area (Å²) in [4.78, 5) is 18.8. The fourth-order valence-corrected chi connectivity index (χ4v) is 4.04. The molecule has 0 bridgehead atoms. The Hall–Kier alpha value is -1.82. The molecule has 5 nitrogen and oxygen atoms in total. The zero-order chi connectivity index (χ0) is 18.2. The number of rotatable bonds is 2. The number of hydrogen-bond donors (Lipinski definition) is 1. The number of fused-ring (bicyclic) bond motifs is 1. The Balaban J connectivity index is 1.60. The predicted molar refractivity (Wildman–Crippen MR) is 103 cm³/mol. The molecule has 25 heavy (non-hydrogen) atoms. The van der Waals surface area contributed by atoms with Crippen LogP contribution in [0.5, 0.6) is 5.19 Å². The summed E-state index contributed by atoms with van der Waals surface area (Å²) >= 11 is 1.62. The molecule has 1 aliphatic heterocycles. The van der Waals surface area contributed by atoms with Gasteiger partial charge in [-0.05, 0) is 45.7 Å². The number of piperidine rings is 1. The normalized spacial score (nSPS) is 16.3. The van der Waals surface area contributed by atoms with Crippen molar-refractivity contribution in [1.29, 1.82) is 0 Å². The molecule has 2 amide bonds. The minimum Gasteiger partial charge on any atom is -0.467 e. The number of carbonyl (C=O) groups excluding carboxylic acids is 1. The van der Waals surface area contributed by atoms with Gasteiger partial charge in [0, 0.05) is 31.5 Å². The van der Waals surface area contributed by atoms with Crippen LogP contribution in [0.15, 0.2) is 12.1 Å². The molecule has 0 spiro atoms. The molecule has 1 N–H and O–H groups in total. The molecule has 1 aromatic carbocycles. The third-order valence-corrected chi connectivity index (χ3v) is 5.48. The van der Waals surface area contributed by atoms with E-state index in [0.717, 1.165) is 36.6 Å². The van der Waals surface area contributed by atoms with Crippen molar-refractivity contribution in [1.82, 2.24) is 15.2 Å². The summed E-state index contributed by atoms with van der Waals surface area (Å²) < 4.78 is 7.33. The van der Waals surface area contributed by atoms with Crippen LogP contribution in [0.4, 0.5) is 4.79 Å². The van der Waals surface area contributed by atoms with Crippen molar-refractivity contribution in [2.45, 2.75) is 59.1 Å². The zero-order valence-electron chi connectivity index (χ0n) is 15.7. The van der Waals surface area contributed by atoms with Crippen LogP contribution >= 0.6 is 11.3 Å². The maximum atomic E-state index is 12.2. The van der Waals surface area contributed by atoms with Crippen molar-refractivity contribution in [2.24, 2.45) is 0 Å². The topological polar surface area (TPSA) is 54.5 Å². The van der Waals surface area contributed by atoms with Crippen molar-refractivity contribution in [2.75, 3.05) is 13.1 Å². The van der Waals surface area contributed by atoms with E-state index in [-0.39, 0.29) is 17.7 Å². The van der Waals surface area contributed by atoms with Gasteiger partial charge in [-0.2, -0.15) is 0 Å². The van der Waals surface area contributed by atoms with Gasteiger partial charge in [0.1, 0.15) is 6.10 Å². The number of likely N-dealkylation sites (tertiary alicyclic amines) is 1. The molecule has 0 radical (unpaired) electrons. The number of thiazole rings is 1. The summed E-state index contributed by atoms with van der Waals surface area (Å²) in [6.45, 7) is 11.6. The van der Waals surface area contributed by atoms with Crippen LogP contribution in [0, 0.1) is 13.8 Å². The molecule has 3 rings (SSSR count). The fourth-order valence-electron chi connectivity index (χ4n) is 3.01. The Morgan fingerprint density at radius 1 is 1.24 bits per heavy atom. The van der Waals surface area contributed by atoms with Crippen LogP contribution in [0.2, 0.25) is 0 Å². The van der Waals surface area contributed by atoms with E-state index in [1.165, 1.54) is 15.8 Å². The maximum Gasteiger partial charge on any atom is 0.317 e. The lowest BCUT2D eigenvalue weighted by molar-refractivity contribution is 0.108. The van der Waals surface area contributed by atoms with Crippen molar-refractivity contribution >= 4 is 27.6 Å². The number of hydrogen-bond acceptors (Lipinski definition) is 4. The first kappa shape index (κ1) is 18.0. The van der Waals surface area contributed by atoms with Crippen molar-refractivity contribution in [3.8, 4) is 5.19 Å². The van der Waals surface area contributed by atoms with Crippen LogP contribution < -0.4 is 10.1 Å². The summed E-state index contributed by atoms with van der Waals surface area (Å²) in [5.41, 5.74) is 3.25. The second kappa shape index (κ2) is 6.83. The van der Waals surface area contributed by atoms with Gasteiger partial charge in [-0.3, -0.25) is 0 Å². The molecule has 136 valence electrons. The summed E-state index contributed by atoms with van der Waals surface area (Å²) in [5, 5.41) is 3.76. The Kier molecular flexibility index (Phi) is 4.91. The summed E-state index contributed by atoms with van der Waals surface area (Å²) in [6, 6.07) is 4.25. The number of benzene rings is 1. The number of nitrogens with zero attached hydrogens (tertiary/aromatic N) is 2. The minimum atomic E-state index is -0.207. The van der Waals surface area contributed by atoms with Crippen molar-refractivity contribution in [3.63, 3.8) is 0 Å². The molecule has 1 fully saturated rings. The average Bonchev–Trinajstić information content (AvgIpc) is 2.95. The van der Waals surface area contributed by atoms with Crippen LogP contribution in [0.1, 0.15) is 44.7 Å². The van der Waals surface area contributed by atoms with Gasteiger partial charge in [0.15, 0.2) is 0 Å². The van der Waals surface area contributed by atoms with E-state index in [4.69, 9.17) is 4.74 Å². The number of ether oxygens (including phenoxy) is 1. The van der Waals surface area contributed by atoms with Crippen LogP contribution in [-0.4, -0.2) is 40.6 Å². The third kappa shape index (κ3) is 4.24. The second-order valence-corrected chi connectivity index (χ2v) is 8.80. The molecule has 2 aromatic rings. The van der Waals surface area contributed by atoms with E-state index in [9.17, 15) is 4.79 Å². The van der Waals surface area contributed by atoms with Gasteiger partial charge in [-0.25, -0.2) is 9.78 Å². The van der Waals surface area contributed by atoms with E-state index in [0.29, 0.717) is 0 Å². The molecular formula is C19H27N3O2S. The first-order valence-corrected chi connectivity index (χ1v) is 9.65. The monoisotopic (exact) mass is 361 g/mol. The minimum absolute atomic E-state index is 0.0113. The van der Waals surface area contributed by atoms with Gasteiger partial charge in [0.2, 0.25) is 0 Å². The lowest BCUT2D eigenvalue weighted by Gasteiger charge is -2.33. The number of aromatic nitrogens is 1. The number of nitrogens with one attached hydrogen (secondary N) is 1. The van der Waals surface area contributed by atoms with Crippen LogP contribution in [-0.2, 0) is 0 Å². The van der Waals surface area contributed by atoms with E-state index in [1.54, 1.807) is 11.3 Å². The van der Waals surface area contributed by atoms with Crippen LogP contribution in [0.3, 0.4) is 0 Å². The Morgan fingerprint density at radius 2 is 1.88 bits per heavy atom. The Labute approximate surface area is 153 Å². The molecule has 1 saturated heterocycles. The highest BCUT2D eigenvalue weighted by Gasteiger charge is 2.26. The van der Waals surface area contributed by atoms with E-state index < -0.39 is 0 Å². The smallest absolute Gasteiger partial charge is 0.317 e. The third-order valence-electron chi connectivity index (χ3n) is 4.40. The first-order chi connectivity index (χ1) is 11.7. The lowest BCUT2D eigenvalue weighted by atomic mass is 10.1. The molecule has 0 unspecified atom stereocenters. The quantitative estimate of drug-likeness (QED) is 0.869. The zero-order valence-corrected chi connectivity index (χ0v) is 16.5. The van der Waals surface area contributed by atoms with Crippen molar-refractivity contribution in [3.05, 3.63) is 23.3 Å². The largest absolute Gasteiger partial charge is 0.467 e. The fraction of sp³-hybridized carbons (Fsp3) is 0.579. The Bertz CT molecular complexity index is 732. The standard InChI is InChI=1S/C19H27N3O2S/c1-12-6-7-13(2)16-15(12)20-18(25-16)24-14-8-10-22(11-9-14)17(23)21-19(3,4)5/h6-7,14H,8-11H2,1-5H3,(H,21,23). The average molecular weight is 362 g/mol. The van der Waals surface area contributed by atoms with Gasteiger partial charge in [-0.15, -0.1) is 0 Å². The lowest BCUT2D eigenvalue weighted by Crippen LogP contribution is -2.51. The van der Waals surface area contributed by atoms with Gasteiger partial charge < -0.3 is 15.0 Å². The summed E-state index contributed by atoms with van der Waals surface area (Å²) in [6.07, 6.45) is 1.80. The van der Waals surface area contributed by atoms with Crippen LogP contribution in [0.25, 0.3) is 10.2 Å². The van der Waals surface area contributed by atoms with Gasteiger partial charge >= 0.3 is 6.03 Å². The molecule has 0 saturated carbocycles. The predicted octanol–water partition coefficient (Wildman–Crippen LogP) is 4.26. The molecule has 6 heteroatoms. The number of carbonyl (C=O) groups is 1. The molecule has 2 heterocycles. The number of urea groups is 1. The maximum absolute atomic E-state index is 12.2.